The van der Waals surface area contributed by atoms with Crippen LogP contribution >= 0.6 is 15.9 Å². The van der Waals surface area contributed by atoms with Crippen molar-refractivity contribution < 1.29 is 18.8 Å². The number of nitrogens with zero attached hydrogens (tertiary/aromatic N) is 1. The van der Waals surface area contributed by atoms with Crippen LogP contribution < -0.4 is 10.2 Å². The summed E-state index contributed by atoms with van der Waals surface area (Å²) in [5.41, 5.74) is -1.37. The van der Waals surface area contributed by atoms with Gasteiger partial charge in [-0.3, -0.25) is 14.9 Å². The first-order valence-corrected chi connectivity index (χ1v) is 7.40. The number of carbonyl (C=O) groups excluding carboxylic acids is 3. The van der Waals surface area contributed by atoms with Crippen LogP contribution in [0.3, 0.4) is 0 Å². The van der Waals surface area contributed by atoms with Crippen molar-refractivity contribution in [1.82, 2.24) is 5.32 Å². The van der Waals surface area contributed by atoms with Gasteiger partial charge in [-0.2, -0.15) is 0 Å². The molecular weight excluding hydrogens is 343 g/mol. The number of hydrogen-bond donors (Lipinski definition) is 1. The first-order valence-electron chi connectivity index (χ1n) is 6.61. The van der Waals surface area contributed by atoms with E-state index in [0.29, 0.717) is 17.3 Å². The summed E-state index contributed by atoms with van der Waals surface area (Å²) in [6.07, 6.45) is 2.26. The van der Waals surface area contributed by atoms with Crippen LogP contribution in [0, 0.1) is 11.2 Å². The molecule has 0 aromatic heterocycles. The van der Waals surface area contributed by atoms with E-state index in [1.54, 1.807) is 0 Å². The molecule has 0 atom stereocenters. The summed E-state index contributed by atoms with van der Waals surface area (Å²) in [6, 6.07) is 3.16. The molecule has 4 amide bonds. The van der Waals surface area contributed by atoms with Gasteiger partial charge in [-0.25, -0.2) is 14.1 Å². The van der Waals surface area contributed by atoms with Crippen LogP contribution in [-0.4, -0.2) is 17.8 Å². The number of carbonyl (C=O) groups is 3. The summed E-state index contributed by atoms with van der Waals surface area (Å²) in [6.45, 7) is 0. The third-order valence-electron chi connectivity index (χ3n) is 4.08. The number of benzene rings is 1. The van der Waals surface area contributed by atoms with Gasteiger partial charge in [0.2, 0.25) is 5.91 Å². The monoisotopic (exact) mass is 354 g/mol. The maximum absolute atomic E-state index is 14.1. The van der Waals surface area contributed by atoms with Gasteiger partial charge in [-0.15, -0.1) is 0 Å². The second-order valence-corrected chi connectivity index (χ2v) is 6.20. The highest BCUT2D eigenvalue weighted by Gasteiger charge is 2.55. The maximum Gasteiger partial charge on any atom is 0.335 e. The Kier molecular flexibility index (Phi) is 3.32. The molecule has 5 nitrogen and oxygen atoms in total. The smallest absolute Gasteiger partial charge is 0.276 e. The van der Waals surface area contributed by atoms with Crippen molar-refractivity contribution >= 4 is 39.5 Å². The highest BCUT2D eigenvalue weighted by Crippen LogP contribution is 2.43. The summed E-state index contributed by atoms with van der Waals surface area (Å²) >= 11 is 3.12. The minimum absolute atomic E-state index is 0.139. The van der Waals surface area contributed by atoms with E-state index in [4.69, 9.17) is 0 Å². The van der Waals surface area contributed by atoms with Crippen LogP contribution in [0.4, 0.5) is 14.9 Å². The molecule has 1 heterocycles. The average molecular weight is 355 g/mol. The zero-order chi connectivity index (χ0) is 15.2. The standard InChI is InChI=1S/C14H12BrFN2O3/c15-8-3-4-10(9(16)7-8)18-12(20)14(5-1-2-6-14)11(19)17-13(18)21/h3-4,7H,1-2,5-6H2,(H,17,19,21). The molecule has 2 fully saturated rings. The van der Waals surface area contributed by atoms with Gasteiger partial charge < -0.3 is 0 Å². The summed E-state index contributed by atoms with van der Waals surface area (Å²) < 4.78 is 14.6. The predicted molar refractivity (Wildman–Crippen MR) is 76.0 cm³/mol. The molecule has 110 valence electrons. The average Bonchev–Trinajstić information content (AvgIpc) is 2.90. The Morgan fingerprint density at radius 2 is 1.86 bits per heavy atom. The van der Waals surface area contributed by atoms with Gasteiger partial charge in [0.05, 0.1) is 5.69 Å². The first-order chi connectivity index (χ1) is 9.95. The molecule has 1 aliphatic heterocycles. The lowest BCUT2D eigenvalue weighted by molar-refractivity contribution is -0.142. The van der Waals surface area contributed by atoms with E-state index in [-0.39, 0.29) is 5.69 Å². The first kappa shape index (κ1) is 14.2. The van der Waals surface area contributed by atoms with Gasteiger partial charge in [-0.1, -0.05) is 28.8 Å². The summed E-state index contributed by atoms with van der Waals surface area (Å²) in [4.78, 5) is 37.5. The molecule has 1 aromatic carbocycles. The SMILES string of the molecule is O=C1NC(=O)C2(CCCC2)C(=O)N1c1ccc(Br)cc1F. The maximum atomic E-state index is 14.1. The van der Waals surface area contributed by atoms with E-state index < -0.39 is 29.1 Å². The number of imide groups is 2. The van der Waals surface area contributed by atoms with Crippen LogP contribution in [0.15, 0.2) is 22.7 Å². The predicted octanol–water partition coefficient (Wildman–Crippen LogP) is 2.73. The zero-order valence-corrected chi connectivity index (χ0v) is 12.6. The van der Waals surface area contributed by atoms with Gasteiger partial charge in [0.25, 0.3) is 5.91 Å². The van der Waals surface area contributed by atoms with Crippen molar-refractivity contribution in [3.8, 4) is 0 Å². The van der Waals surface area contributed by atoms with Crippen molar-refractivity contribution in [1.29, 1.82) is 0 Å². The second kappa shape index (κ2) is 4.91. The van der Waals surface area contributed by atoms with Crippen LogP contribution in [0.1, 0.15) is 25.7 Å². The van der Waals surface area contributed by atoms with Gasteiger partial charge in [0, 0.05) is 4.47 Å². The molecule has 1 spiro atoms. The third-order valence-corrected chi connectivity index (χ3v) is 4.57. The quantitative estimate of drug-likeness (QED) is 0.788. The number of barbiturate groups is 1. The summed E-state index contributed by atoms with van der Waals surface area (Å²) in [5.74, 6) is -1.89. The number of halogens is 2. The lowest BCUT2D eigenvalue weighted by Crippen LogP contribution is -2.63. The Balaban J connectivity index is 2.07. The fraction of sp³-hybridized carbons (Fsp3) is 0.357. The minimum atomic E-state index is -1.23. The fourth-order valence-electron chi connectivity index (χ4n) is 2.98. The van der Waals surface area contributed by atoms with Crippen LogP contribution in [0.5, 0.6) is 0 Å². The molecule has 1 aliphatic carbocycles. The number of nitrogens with one attached hydrogen (secondary N) is 1. The zero-order valence-electron chi connectivity index (χ0n) is 11.0. The molecule has 1 saturated heterocycles. The van der Waals surface area contributed by atoms with E-state index in [2.05, 4.69) is 21.2 Å². The molecular formula is C14H12BrFN2O3. The van der Waals surface area contributed by atoms with Crippen molar-refractivity contribution in [3.05, 3.63) is 28.5 Å². The highest BCUT2D eigenvalue weighted by molar-refractivity contribution is 9.10. The highest BCUT2D eigenvalue weighted by atomic mass is 79.9. The lowest BCUT2D eigenvalue weighted by Gasteiger charge is -2.36. The van der Waals surface area contributed by atoms with E-state index in [0.717, 1.165) is 17.7 Å². The van der Waals surface area contributed by atoms with Crippen molar-refractivity contribution in [3.63, 3.8) is 0 Å². The minimum Gasteiger partial charge on any atom is -0.276 e. The van der Waals surface area contributed by atoms with Gasteiger partial charge in [0.1, 0.15) is 11.2 Å². The summed E-state index contributed by atoms with van der Waals surface area (Å²) in [7, 11) is 0. The fourth-order valence-corrected chi connectivity index (χ4v) is 3.31. The molecule has 1 N–H and O–H groups in total. The van der Waals surface area contributed by atoms with Crippen molar-refractivity contribution in [2.24, 2.45) is 5.41 Å². The van der Waals surface area contributed by atoms with Crippen molar-refractivity contribution in [2.75, 3.05) is 4.90 Å². The third kappa shape index (κ3) is 2.07. The topological polar surface area (TPSA) is 66.5 Å². The van der Waals surface area contributed by atoms with E-state index in [1.165, 1.54) is 18.2 Å². The normalized spacial score (nSPS) is 21.0. The molecule has 0 unspecified atom stereocenters. The van der Waals surface area contributed by atoms with E-state index >= 15 is 0 Å². The number of anilines is 1. The Bertz CT molecular complexity index is 656. The molecule has 0 bridgehead atoms. The van der Waals surface area contributed by atoms with Gasteiger partial charge >= 0.3 is 6.03 Å². The molecule has 0 radical (unpaired) electrons. The van der Waals surface area contributed by atoms with Crippen LogP contribution in [0.2, 0.25) is 0 Å². The molecule has 2 aliphatic rings. The lowest BCUT2D eigenvalue weighted by atomic mass is 9.82. The number of amides is 4. The van der Waals surface area contributed by atoms with E-state index in [9.17, 15) is 18.8 Å². The molecule has 7 heteroatoms. The van der Waals surface area contributed by atoms with Crippen LogP contribution in [-0.2, 0) is 9.59 Å². The number of urea groups is 1. The Morgan fingerprint density at radius 3 is 2.48 bits per heavy atom. The largest absolute Gasteiger partial charge is 0.335 e. The molecule has 21 heavy (non-hydrogen) atoms. The van der Waals surface area contributed by atoms with Crippen molar-refractivity contribution in [2.45, 2.75) is 25.7 Å². The Morgan fingerprint density at radius 1 is 1.19 bits per heavy atom. The molecule has 3 rings (SSSR count). The van der Waals surface area contributed by atoms with Gasteiger partial charge in [-0.05, 0) is 31.0 Å². The van der Waals surface area contributed by atoms with Gasteiger partial charge in [0.15, 0.2) is 0 Å². The Labute approximate surface area is 128 Å². The molecule has 1 saturated carbocycles. The Hall–Kier alpha value is -1.76. The van der Waals surface area contributed by atoms with Crippen LogP contribution in [0.25, 0.3) is 0 Å². The number of hydrogen-bond acceptors (Lipinski definition) is 3. The second-order valence-electron chi connectivity index (χ2n) is 5.28. The number of rotatable bonds is 1. The summed E-state index contributed by atoms with van der Waals surface area (Å²) in [5, 5.41) is 2.18. The van der Waals surface area contributed by atoms with E-state index in [1.807, 2.05) is 0 Å². The molecule has 1 aromatic rings.